The van der Waals surface area contributed by atoms with Crippen molar-refractivity contribution in [2.45, 2.75) is 25.4 Å². The van der Waals surface area contributed by atoms with Gasteiger partial charge in [-0.3, -0.25) is 5.32 Å². The minimum absolute atomic E-state index is 0.0960. The number of benzene rings is 1. The fourth-order valence-electron chi connectivity index (χ4n) is 2.35. The molecule has 1 unspecified atom stereocenters. The highest BCUT2D eigenvalue weighted by atomic mass is 32.1. The van der Waals surface area contributed by atoms with E-state index in [1.807, 2.05) is 6.07 Å². The Hall–Kier alpha value is -2.06. The molecule has 1 aromatic heterocycles. The van der Waals surface area contributed by atoms with E-state index in [2.05, 4.69) is 20.8 Å². The molecule has 0 radical (unpaired) electrons. The van der Waals surface area contributed by atoms with E-state index in [1.165, 1.54) is 23.5 Å². The van der Waals surface area contributed by atoms with Gasteiger partial charge in [-0.2, -0.15) is 0 Å². The summed E-state index contributed by atoms with van der Waals surface area (Å²) in [4.78, 5) is 11.8. The van der Waals surface area contributed by atoms with E-state index < -0.39 is 0 Å². The molecule has 1 fully saturated rings. The van der Waals surface area contributed by atoms with Crippen molar-refractivity contribution in [1.29, 1.82) is 0 Å². The van der Waals surface area contributed by atoms with Gasteiger partial charge >= 0.3 is 6.03 Å². The molecule has 0 bridgehead atoms. The molecule has 8 heteroatoms. The second-order valence-electron chi connectivity index (χ2n) is 5.28. The Labute approximate surface area is 137 Å². The molecule has 2 N–H and O–H groups in total. The molecular formula is C15H17FN4O2S. The van der Waals surface area contributed by atoms with Crippen LogP contribution in [-0.2, 0) is 11.2 Å². The fraction of sp³-hybridized carbons (Fsp3) is 0.400. The highest BCUT2D eigenvalue weighted by Gasteiger charge is 2.16. The smallest absolute Gasteiger partial charge is 0.321 e. The topological polar surface area (TPSA) is 76.1 Å². The zero-order chi connectivity index (χ0) is 16.1. The summed E-state index contributed by atoms with van der Waals surface area (Å²) in [5, 5.41) is 14.5. The van der Waals surface area contributed by atoms with Crippen molar-refractivity contribution in [2.75, 3.05) is 18.5 Å². The van der Waals surface area contributed by atoms with Crippen LogP contribution in [0.3, 0.4) is 0 Å². The Balaban J connectivity index is 1.49. The second-order valence-corrected chi connectivity index (χ2v) is 6.34. The van der Waals surface area contributed by atoms with Gasteiger partial charge in [0, 0.05) is 19.6 Å². The first-order valence-electron chi connectivity index (χ1n) is 7.42. The third-order valence-corrected chi connectivity index (χ3v) is 4.28. The molecule has 6 nitrogen and oxygen atoms in total. The number of nitrogens with zero attached hydrogens (tertiary/aromatic N) is 2. The number of anilines is 1. The number of urea groups is 1. The lowest BCUT2D eigenvalue weighted by Crippen LogP contribution is -2.34. The van der Waals surface area contributed by atoms with Gasteiger partial charge in [-0.25, -0.2) is 9.18 Å². The highest BCUT2D eigenvalue weighted by molar-refractivity contribution is 7.15. The van der Waals surface area contributed by atoms with E-state index in [1.54, 1.807) is 6.07 Å². The maximum absolute atomic E-state index is 13.2. The average molecular weight is 336 g/mol. The minimum atomic E-state index is -0.325. The molecule has 1 atom stereocenters. The summed E-state index contributed by atoms with van der Waals surface area (Å²) in [6.45, 7) is 1.24. The number of hydrogen-bond donors (Lipinski definition) is 2. The Morgan fingerprint density at radius 2 is 2.35 bits per heavy atom. The number of nitrogens with one attached hydrogen (secondary N) is 2. The van der Waals surface area contributed by atoms with Crippen LogP contribution in [0.1, 0.15) is 23.4 Å². The van der Waals surface area contributed by atoms with E-state index >= 15 is 0 Å². The number of halogens is 1. The van der Waals surface area contributed by atoms with Crippen molar-refractivity contribution in [3.8, 4) is 0 Å². The molecule has 0 aliphatic carbocycles. The molecule has 1 saturated heterocycles. The van der Waals surface area contributed by atoms with E-state index in [-0.39, 0.29) is 18.0 Å². The number of rotatable bonds is 5. The van der Waals surface area contributed by atoms with E-state index in [9.17, 15) is 9.18 Å². The van der Waals surface area contributed by atoms with Crippen molar-refractivity contribution in [2.24, 2.45) is 0 Å². The Kier molecular flexibility index (Phi) is 5.14. The first-order chi connectivity index (χ1) is 11.2. The zero-order valence-corrected chi connectivity index (χ0v) is 13.2. The van der Waals surface area contributed by atoms with Crippen molar-refractivity contribution < 1.29 is 13.9 Å². The molecule has 2 aromatic rings. The second kappa shape index (κ2) is 7.47. The lowest BCUT2D eigenvalue weighted by Gasteiger charge is -2.10. The number of carbonyl (C=O) groups is 1. The molecule has 1 aliphatic heterocycles. The molecule has 23 heavy (non-hydrogen) atoms. The third kappa shape index (κ3) is 4.70. The number of carbonyl (C=O) groups excluding carboxylic acids is 1. The number of amides is 2. The lowest BCUT2D eigenvalue weighted by molar-refractivity contribution is 0.112. The molecule has 1 aromatic carbocycles. The molecular weight excluding hydrogens is 319 g/mol. The predicted molar refractivity (Wildman–Crippen MR) is 85.1 cm³/mol. The van der Waals surface area contributed by atoms with Gasteiger partial charge in [0.05, 0.1) is 6.10 Å². The van der Waals surface area contributed by atoms with Crippen LogP contribution >= 0.6 is 11.3 Å². The first-order valence-corrected chi connectivity index (χ1v) is 8.24. The highest BCUT2D eigenvalue weighted by Crippen LogP contribution is 2.19. The predicted octanol–water partition coefficient (Wildman–Crippen LogP) is 2.57. The normalized spacial score (nSPS) is 17.2. The van der Waals surface area contributed by atoms with Gasteiger partial charge in [-0.15, -0.1) is 10.2 Å². The quantitative estimate of drug-likeness (QED) is 0.880. The average Bonchev–Trinajstić information content (AvgIpc) is 3.17. The van der Waals surface area contributed by atoms with Gasteiger partial charge in [0.2, 0.25) is 5.13 Å². The van der Waals surface area contributed by atoms with Gasteiger partial charge in [0.25, 0.3) is 0 Å². The van der Waals surface area contributed by atoms with Crippen LogP contribution in [0, 0.1) is 5.82 Å². The lowest BCUT2D eigenvalue weighted by atomic mass is 10.1. The molecule has 0 saturated carbocycles. The number of aromatic nitrogens is 2. The molecule has 1 aliphatic rings. The van der Waals surface area contributed by atoms with Crippen LogP contribution in [0.25, 0.3) is 0 Å². The molecule has 122 valence electrons. The summed E-state index contributed by atoms with van der Waals surface area (Å²) in [6, 6.07) is 6.02. The summed E-state index contributed by atoms with van der Waals surface area (Å²) in [6.07, 6.45) is 2.58. The minimum Gasteiger partial charge on any atom is -0.376 e. The molecule has 2 heterocycles. The number of hydrogen-bond acceptors (Lipinski definition) is 5. The van der Waals surface area contributed by atoms with Gasteiger partial charge in [0.1, 0.15) is 10.8 Å². The monoisotopic (exact) mass is 336 g/mol. The van der Waals surface area contributed by atoms with Crippen LogP contribution in [-0.4, -0.2) is 35.5 Å². The van der Waals surface area contributed by atoms with Crippen LogP contribution in [0.2, 0.25) is 0 Å². The summed E-state index contributed by atoms with van der Waals surface area (Å²) in [7, 11) is 0. The van der Waals surface area contributed by atoms with Crippen molar-refractivity contribution in [3.05, 3.63) is 40.7 Å². The van der Waals surface area contributed by atoms with Crippen molar-refractivity contribution >= 4 is 22.5 Å². The molecule has 0 spiro atoms. The standard InChI is InChI=1S/C15H17FN4O2S/c16-11-4-1-3-10(7-11)8-13-19-20-15(23-13)18-14(21)17-9-12-5-2-6-22-12/h1,3-4,7,12H,2,5-6,8-9H2,(H2,17,18,20,21). The van der Waals surface area contributed by atoms with E-state index in [4.69, 9.17) is 4.74 Å². The largest absolute Gasteiger partial charge is 0.376 e. The Morgan fingerprint density at radius 3 is 3.13 bits per heavy atom. The Bertz CT molecular complexity index is 673. The maximum Gasteiger partial charge on any atom is 0.321 e. The maximum atomic E-state index is 13.2. The summed E-state index contributed by atoms with van der Waals surface area (Å²) < 4.78 is 18.6. The third-order valence-electron chi connectivity index (χ3n) is 3.45. The van der Waals surface area contributed by atoms with Gasteiger partial charge in [0.15, 0.2) is 0 Å². The zero-order valence-electron chi connectivity index (χ0n) is 12.4. The summed E-state index contributed by atoms with van der Waals surface area (Å²) >= 11 is 1.27. The van der Waals surface area contributed by atoms with Crippen molar-refractivity contribution in [3.63, 3.8) is 0 Å². The van der Waals surface area contributed by atoms with Gasteiger partial charge in [-0.1, -0.05) is 23.5 Å². The van der Waals surface area contributed by atoms with Gasteiger partial charge in [-0.05, 0) is 30.5 Å². The van der Waals surface area contributed by atoms with Crippen molar-refractivity contribution in [1.82, 2.24) is 15.5 Å². The van der Waals surface area contributed by atoms with E-state index in [0.29, 0.717) is 23.1 Å². The molecule has 3 rings (SSSR count). The molecule has 2 amide bonds. The summed E-state index contributed by atoms with van der Waals surface area (Å²) in [5.74, 6) is -0.279. The van der Waals surface area contributed by atoms with Gasteiger partial charge < -0.3 is 10.1 Å². The first kappa shape index (κ1) is 15.8. The SMILES string of the molecule is O=C(NCC1CCCO1)Nc1nnc(Cc2cccc(F)c2)s1. The van der Waals surface area contributed by atoms with Crippen LogP contribution < -0.4 is 10.6 Å². The number of ether oxygens (including phenoxy) is 1. The van der Waals surface area contributed by atoms with Crippen LogP contribution in [0.4, 0.5) is 14.3 Å². The van der Waals surface area contributed by atoms with E-state index in [0.717, 1.165) is 25.0 Å². The fourth-order valence-corrected chi connectivity index (χ4v) is 3.12. The van der Waals surface area contributed by atoms with Crippen LogP contribution in [0.5, 0.6) is 0 Å². The van der Waals surface area contributed by atoms with Crippen LogP contribution in [0.15, 0.2) is 24.3 Å². The summed E-state index contributed by atoms with van der Waals surface area (Å²) in [5.41, 5.74) is 0.815. The Morgan fingerprint density at radius 1 is 1.43 bits per heavy atom.